The Morgan fingerprint density at radius 1 is 1.19 bits per heavy atom. The van der Waals surface area contributed by atoms with Crippen molar-refractivity contribution in [3.63, 3.8) is 0 Å². The number of ether oxygens (including phenoxy) is 1. The van der Waals surface area contributed by atoms with Gasteiger partial charge in [-0.1, -0.05) is 6.42 Å². The zero-order valence-corrected chi connectivity index (χ0v) is 12.9. The zero-order chi connectivity index (χ0) is 15.5. The lowest BCUT2D eigenvalue weighted by Crippen LogP contribution is -2.26. The monoisotopic (exact) mass is 313 g/mol. The van der Waals surface area contributed by atoms with E-state index in [1.54, 1.807) is 12.1 Å². The predicted octanol–water partition coefficient (Wildman–Crippen LogP) is 2.77. The Bertz CT molecular complexity index is 451. The quantitative estimate of drug-likeness (QED) is 0.433. The van der Waals surface area contributed by atoms with Gasteiger partial charge in [0.05, 0.1) is 12.9 Å². The average molecular weight is 313 g/mol. The van der Waals surface area contributed by atoms with Crippen LogP contribution >= 0.6 is 11.8 Å². The van der Waals surface area contributed by atoms with Crippen LogP contribution in [-0.4, -0.2) is 31.3 Å². The summed E-state index contributed by atoms with van der Waals surface area (Å²) in [4.78, 5) is 23.3. The lowest BCUT2D eigenvalue weighted by molar-refractivity contribution is -0.140. The van der Waals surface area contributed by atoms with Gasteiger partial charge in [-0.3, -0.25) is 9.59 Å². The number of nitrogens with one attached hydrogen (secondary N) is 1. The molecule has 0 aromatic heterocycles. The van der Waals surface area contributed by atoms with E-state index in [4.69, 9.17) is 0 Å². The molecule has 1 aromatic carbocycles. The van der Waals surface area contributed by atoms with Crippen LogP contribution in [0.3, 0.4) is 0 Å². The molecule has 0 heterocycles. The first-order chi connectivity index (χ1) is 10.1. The van der Waals surface area contributed by atoms with Crippen molar-refractivity contribution in [2.45, 2.75) is 30.6 Å². The van der Waals surface area contributed by atoms with Crippen LogP contribution in [0, 0.1) is 5.82 Å². The Hall–Kier alpha value is -1.56. The summed E-state index contributed by atoms with van der Waals surface area (Å²) in [5.41, 5.74) is 0. The lowest BCUT2D eigenvalue weighted by atomic mass is 10.2. The van der Waals surface area contributed by atoms with E-state index in [-0.39, 0.29) is 17.7 Å². The first-order valence-corrected chi connectivity index (χ1v) is 7.82. The molecular formula is C15H20FNO3S. The van der Waals surface area contributed by atoms with Crippen molar-refractivity contribution < 1.29 is 18.7 Å². The van der Waals surface area contributed by atoms with Gasteiger partial charge in [-0.2, -0.15) is 0 Å². The van der Waals surface area contributed by atoms with Crippen molar-refractivity contribution in [2.75, 3.05) is 19.4 Å². The van der Waals surface area contributed by atoms with Gasteiger partial charge in [0.1, 0.15) is 5.82 Å². The van der Waals surface area contributed by atoms with Gasteiger partial charge in [0.25, 0.3) is 0 Å². The van der Waals surface area contributed by atoms with Crippen LogP contribution in [0.5, 0.6) is 0 Å². The molecule has 0 atom stereocenters. The van der Waals surface area contributed by atoms with E-state index in [0.717, 1.165) is 24.2 Å². The minimum atomic E-state index is -0.282. The number of hydrogen-bond donors (Lipinski definition) is 1. The summed E-state index contributed by atoms with van der Waals surface area (Å²) >= 11 is 1.37. The van der Waals surface area contributed by atoms with Crippen LogP contribution in [0.2, 0.25) is 0 Å². The number of hydrogen-bond acceptors (Lipinski definition) is 4. The molecule has 0 fully saturated rings. The summed E-state index contributed by atoms with van der Waals surface area (Å²) in [6.45, 7) is 0.601. The average Bonchev–Trinajstić information content (AvgIpc) is 2.49. The molecule has 0 unspecified atom stereocenters. The van der Waals surface area contributed by atoms with Crippen LogP contribution in [0.1, 0.15) is 25.7 Å². The number of methoxy groups -OCH3 is 1. The normalized spacial score (nSPS) is 10.2. The highest BCUT2D eigenvalue weighted by Gasteiger charge is 2.03. The SMILES string of the molecule is COC(=O)CCCCCNC(=O)CSc1ccc(F)cc1. The molecule has 0 saturated carbocycles. The molecule has 0 spiro atoms. The van der Waals surface area contributed by atoms with E-state index in [0.29, 0.717) is 18.7 Å². The highest BCUT2D eigenvalue weighted by atomic mass is 32.2. The molecule has 6 heteroatoms. The topological polar surface area (TPSA) is 55.4 Å². The largest absolute Gasteiger partial charge is 0.469 e. The number of thioether (sulfide) groups is 1. The van der Waals surface area contributed by atoms with Gasteiger partial charge in [-0.15, -0.1) is 11.8 Å². The van der Waals surface area contributed by atoms with E-state index in [1.165, 1.54) is 31.0 Å². The summed E-state index contributed by atoms with van der Waals surface area (Å²) in [5.74, 6) is -0.212. The van der Waals surface area contributed by atoms with Crippen molar-refractivity contribution in [1.29, 1.82) is 0 Å². The van der Waals surface area contributed by atoms with Crippen LogP contribution in [-0.2, 0) is 14.3 Å². The van der Waals surface area contributed by atoms with E-state index in [1.807, 2.05) is 0 Å². The van der Waals surface area contributed by atoms with Gasteiger partial charge in [0.2, 0.25) is 5.91 Å². The standard InChI is InChI=1S/C15H20FNO3S/c1-20-15(19)5-3-2-4-10-17-14(18)11-21-13-8-6-12(16)7-9-13/h6-9H,2-5,10-11H2,1H3,(H,17,18). The van der Waals surface area contributed by atoms with Gasteiger partial charge in [0.15, 0.2) is 0 Å². The third kappa shape index (κ3) is 8.34. The molecule has 21 heavy (non-hydrogen) atoms. The van der Waals surface area contributed by atoms with Gasteiger partial charge in [-0.05, 0) is 37.1 Å². The molecular weight excluding hydrogens is 293 g/mol. The molecule has 4 nitrogen and oxygen atoms in total. The summed E-state index contributed by atoms with van der Waals surface area (Å²) in [7, 11) is 1.38. The van der Waals surface area contributed by atoms with E-state index in [2.05, 4.69) is 10.1 Å². The molecule has 1 amide bonds. The molecule has 0 aliphatic rings. The molecule has 1 N–H and O–H groups in total. The summed E-state index contributed by atoms with van der Waals surface area (Å²) in [6, 6.07) is 6.06. The molecule has 1 aromatic rings. The van der Waals surface area contributed by atoms with Gasteiger partial charge in [-0.25, -0.2) is 4.39 Å². The van der Waals surface area contributed by atoms with Crippen molar-refractivity contribution in [3.05, 3.63) is 30.1 Å². The van der Waals surface area contributed by atoms with Crippen LogP contribution in [0.4, 0.5) is 4.39 Å². The first-order valence-electron chi connectivity index (χ1n) is 6.83. The summed E-state index contributed by atoms with van der Waals surface area (Å²) in [6.07, 6.45) is 2.90. The number of benzene rings is 1. The number of amides is 1. The number of unbranched alkanes of at least 4 members (excludes halogenated alkanes) is 2. The predicted molar refractivity (Wildman–Crippen MR) is 80.6 cm³/mol. The molecule has 116 valence electrons. The number of carbonyl (C=O) groups is 2. The summed E-state index contributed by atoms with van der Waals surface area (Å²) in [5, 5.41) is 2.82. The van der Waals surface area contributed by atoms with Gasteiger partial charge >= 0.3 is 5.97 Å². The van der Waals surface area contributed by atoms with Gasteiger partial charge < -0.3 is 10.1 Å². The smallest absolute Gasteiger partial charge is 0.305 e. The molecule has 0 saturated heterocycles. The number of halogens is 1. The molecule has 0 radical (unpaired) electrons. The Morgan fingerprint density at radius 2 is 1.90 bits per heavy atom. The van der Waals surface area contributed by atoms with Crippen LogP contribution in [0.15, 0.2) is 29.2 Å². The van der Waals surface area contributed by atoms with E-state index < -0.39 is 0 Å². The number of esters is 1. The fourth-order valence-electron chi connectivity index (χ4n) is 1.63. The number of carbonyl (C=O) groups excluding carboxylic acids is 2. The third-order valence-corrected chi connectivity index (χ3v) is 3.80. The summed E-state index contributed by atoms with van der Waals surface area (Å²) < 4.78 is 17.3. The van der Waals surface area contributed by atoms with Crippen molar-refractivity contribution in [1.82, 2.24) is 5.32 Å². The Balaban J connectivity index is 2.04. The molecule has 1 rings (SSSR count). The molecule has 0 aliphatic carbocycles. The van der Waals surface area contributed by atoms with E-state index in [9.17, 15) is 14.0 Å². The second-order valence-electron chi connectivity index (χ2n) is 4.48. The molecule has 0 bridgehead atoms. The first kappa shape index (κ1) is 17.5. The maximum Gasteiger partial charge on any atom is 0.305 e. The second-order valence-corrected chi connectivity index (χ2v) is 5.53. The Morgan fingerprint density at radius 3 is 2.57 bits per heavy atom. The second kappa shape index (κ2) is 10.2. The highest BCUT2D eigenvalue weighted by Crippen LogP contribution is 2.17. The van der Waals surface area contributed by atoms with Crippen molar-refractivity contribution >= 4 is 23.6 Å². The maximum atomic E-state index is 12.7. The van der Waals surface area contributed by atoms with Gasteiger partial charge in [0, 0.05) is 17.9 Å². The van der Waals surface area contributed by atoms with E-state index >= 15 is 0 Å². The fraction of sp³-hybridized carbons (Fsp3) is 0.467. The Labute approximate surface area is 128 Å². The Kier molecular flexibility index (Phi) is 8.50. The fourth-order valence-corrected chi connectivity index (χ4v) is 2.36. The minimum Gasteiger partial charge on any atom is -0.469 e. The lowest BCUT2D eigenvalue weighted by Gasteiger charge is -2.05. The number of rotatable bonds is 9. The van der Waals surface area contributed by atoms with Crippen molar-refractivity contribution in [3.8, 4) is 0 Å². The highest BCUT2D eigenvalue weighted by molar-refractivity contribution is 8.00. The van der Waals surface area contributed by atoms with Crippen LogP contribution < -0.4 is 5.32 Å². The maximum absolute atomic E-state index is 12.7. The third-order valence-electron chi connectivity index (χ3n) is 2.79. The van der Waals surface area contributed by atoms with Crippen LogP contribution in [0.25, 0.3) is 0 Å². The minimum absolute atomic E-state index is 0.0442. The zero-order valence-electron chi connectivity index (χ0n) is 12.1. The molecule has 0 aliphatic heterocycles. The van der Waals surface area contributed by atoms with Crippen molar-refractivity contribution in [2.24, 2.45) is 0 Å².